The summed E-state index contributed by atoms with van der Waals surface area (Å²) in [6.45, 7) is 3.81. The van der Waals surface area contributed by atoms with E-state index < -0.39 is 11.9 Å². The summed E-state index contributed by atoms with van der Waals surface area (Å²) in [5.74, 6) is -0.666. The number of nitrogens with zero attached hydrogens (tertiary/aromatic N) is 1. The molecule has 1 aromatic rings. The van der Waals surface area contributed by atoms with Gasteiger partial charge in [-0.25, -0.2) is 4.98 Å². The van der Waals surface area contributed by atoms with Crippen LogP contribution in [0.5, 0.6) is 0 Å². The summed E-state index contributed by atoms with van der Waals surface area (Å²) in [6.07, 6.45) is 1.63. The fourth-order valence-corrected chi connectivity index (χ4v) is 1.07. The number of anilines is 1. The van der Waals surface area contributed by atoms with Gasteiger partial charge in [-0.1, -0.05) is 0 Å². The van der Waals surface area contributed by atoms with Gasteiger partial charge in [0, 0.05) is 31.4 Å². The Bertz CT molecular complexity index is 419. The van der Waals surface area contributed by atoms with Crippen molar-refractivity contribution in [1.82, 2.24) is 4.98 Å². The molecule has 0 aromatic carbocycles. The summed E-state index contributed by atoms with van der Waals surface area (Å²) in [4.78, 5) is 34.1. The maximum Gasteiger partial charge on any atom is 0.310 e. The molecule has 1 aromatic heterocycles. The van der Waals surface area contributed by atoms with E-state index in [2.05, 4.69) is 31.0 Å². The number of halogens is 1. The van der Waals surface area contributed by atoms with E-state index in [1.165, 1.54) is 20.8 Å². The zero-order valence-corrected chi connectivity index (χ0v) is 11.8. The van der Waals surface area contributed by atoms with Crippen molar-refractivity contribution in [3.63, 3.8) is 0 Å². The fraction of sp³-hybridized carbons (Fsp3) is 0.273. The number of amides is 1. The van der Waals surface area contributed by atoms with E-state index in [-0.39, 0.29) is 5.91 Å². The van der Waals surface area contributed by atoms with E-state index in [4.69, 9.17) is 0 Å². The molecule has 18 heavy (non-hydrogen) atoms. The molecular formula is C11H13BrN2O4. The van der Waals surface area contributed by atoms with Gasteiger partial charge in [-0.05, 0) is 28.1 Å². The molecule has 0 radical (unpaired) electrons. The number of hydrogen-bond donors (Lipinski definition) is 1. The van der Waals surface area contributed by atoms with E-state index in [9.17, 15) is 14.4 Å². The van der Waals surface area contributed by atoms with E-state index >= 15 is 0 Å². The molecule has 1 rings (SSSR count). The number of rotatable bonds is 1. The van der Waals surface area contributed by atoms with E-state index in [1.807, 2.05) is 6.07 Å². The van der Waals surface area contributed by atoms with Crippen LogP contribution in [0.15, 0.2) is 22.8 Å². The quantitative estimate of drug-likeness (QED) is 0.631. The smallest absolute Gasteiger partial charge is 0.310 e. The van der Waals surface area contributed by atoms with Crippen molar-refractivity contribution in [2.24, 2.45) is 0 Å². The van der Waals surface area contributed by atoms with Crippen molar-refractivity contribution >= 4 is 39.6 Å². The minimum atomic E-state index is -0.562. The first-order valence-corrected chi connectivity index (χ1v) is 5.68. The van der Waals surface area contributed by atoms with Gasteiger partial charge in [-0.3, -0.25) is 14.4 Å². The molecule has 0 fully saturated rings. The van der Waals surface area contributed by atoms with Gasteiger partial charge in [0.05, 0.1) is 0 Å². The highest BCUT2D eigenvalue weighted by Gasteiger charge is 1.94. The molecule has 0 saturated heterocycles. The van der Waals surface area contributed by atoms with Crippen LogP contribution in [-0.2, 0) is 19.1 Å². The van der Waals surface area contributed by atoms with Crippen LogP contribution in [0.2, 0.25) is 0 Å². The van der Waals surface area contributed by atoms with Crippen LogP contribution in [-0.4, -0.2) is 22.8 Å². The predicted octanol–water partition coefficient (Wildman–Crippen LogP) is 1.90. The van der Waals surface area contributed by atoms with Crippen molar-refractivity contribution in [1.29, 1.82) is 0 Å². The molecule has 0 bridgehead atoms. The van der Waals surface area contributed by atoms with Gasteiger partial charge in [0.1, 0.15) is 5.82 Å². The highest BCUT2D eigenvalue weighted by atomic mass is 79.9. The van der Waals surface area contributed by atoms with Crippen molar-refractivity contribution in [3.05, 3.63) is 22.8 Å². The standard InChI is InChI=1S/C7H7BrN2O.C4H6O3/c1-5(11)10-7-3-2-6(8)4-9-7;1-3(5)7-4(2)6/h2-4H,1H3,(H,9,10,11);1-2H3. The summed E-state index contributed by atoms with van der Waals surface area (Å²) >= 11 is 3.24. The fourth-order valence-electron chi connectivity index (χ4n) is 0.833. The van der Waals surface area contributed by atoms with E-state index in [1.54, 1.807) is 12.3 Å². The molecule has 1 heterocycles. The molecule has 6 nitrogen and oxygen atoms in total. The van der Waals surface area contributed by atoms with Gasteiger partial charge < -0.3 is 10.1 Å². The second-order valence-corrected chi connectivity index (χ2v) is 4.04. The van der Waals surface area contributed by atoms with Crippen molar-refractivity contribution < 1.29 is 19.1 Å². The summed E-state index contributed by atoms with van der Waals surface area (Å²) in [6, 6.07) is 3.55. The first-order chi connectivity index (χ1) is 8.31. The molecule has 98 valence electrons. The van der Waals surface area contributed by atoms with Gasteiger partial charge in [-0.2, -0.15) is 0 Å². The number of pyridine rings is 1. The highest BCUT2D eigenvalue weighted by Crippen LogP contribution is 2.09. The number of aromatic nitrogens is 1. The molecule has 0 saturated carbocycles. The molecule has 0 aliphatic carbocycles. The summed E-state index contributed by atoms with van der Waals surface area (Å²) < 4.78 is 4.87. The van der Waals surface area contributed by atoms with Gasteiger partial charge in [0.25, 0.3) is 0 Å². The first-order valence-electron chi connectivity index (χ1n) is 4.89. The molecule has 0 unspecified atom stereocenters. The number of hydrogen-bond acceptors (Lipinski definition) is 5. The molecule has 1 N–H and O–H groups in total. The number of nitrogens with one attached hydrogen (secondary N) is 1. The Labute approximate surface area is 113 Å². The van der Waals surface area contributed by atoms with Crippen molar-refractivity contribution in [3.8, 4) is 0 Å². The Morgan fingerprint density at radius 3 is 2.00 bits per heavy atom. The van der Waals surface area contributed by atoms with Gasteiger partial charge >= 0.3 is 11.9 Å². The lowest BCUT2D eigenvalue weighted by molar-refractivity contribution is -0.156. The maximum atomic E-state index is 10.5. The lowest BCUT2D eigenvalue weighted by Crippen LogP contribution is -2.06. The SMILES string of the molecule is CC(=O)Nc1ccc(Br)cn1.CC(=O)OC(C)=O. The van der Waals surface area contributed by atoms with Gasteiger partial charge in [0.15, 0.2) is 0 Å². The maximum absolute atomic E-state index is 10.5. The largest absolute Gasteiger partial charge is 0.394 e. The summed E-state index contributed by atoms with van der Waals surface area (Å²) in [5, 5.41) is 2.56. The Morgan fingerprint density at radius 1 is 1.17 bits per heavy atom. The van der Waals surface area contributed by atoms with Crippen molar-refractivity contribution in [2.45, 2.75) is 20.8 Å². The molecular weight excluding hydrogens is 304 g/mol. The summed E-state index contributed by atoms with van der Waals surface area (Å²) in [5.41, 5.74) is 0. The second kappa shape index (κ2) is 8.35. The van der Waals surface area contributed by atoms with E-state index in [0.717, 1.165) is 4.47 Å². The monoisotopic (exact) mass is 316 g/mol. The van der Waals surface area contributed by atoms with Gasteiger partial charge in [-0.15, -0.1) is 0 Å². The van der Waals surface area contributed by atoms with Crippen LogP contribution in [0.25, 0.3) is 0 Å². The Morgan fingerprint density at radius 2 is 1.72 bits per heavy atom. The Hall–Kier alpha value is -1.76. The van der Waals surface area contributed by atoms with Crippen LogP contribution in [0.1, 0.15) is 20.8 Å². The zero-order valence-electron chi connectivity index (χ0n) is 10.2. The normalized spacial score (nSPS) is 8.67. The van der Waals surface area contributed by atoms with Gasteiger partial charge in [0.2, 0.25) is 5.91 Å². The first kappa shape index (κ1) is 16.2. The van der Waals surface area contributed by atoms with Crippen molar-refractivity contribution in [2.75, 3.05) is 5.32 Å². The minimum absolute atomic E-state index is 0.111. The highest BCUT2D eigenvalue weighted by molar-refractivity contribution is 9.10. The van der Waals surface area contributed by atoms with E-state index in [0.29, 0.717) is 5.82 Å². The average molecular weight is 317 g/mol. The number of ether oxygens (including phenoxy) is 1. The van der Waals surface area contributed by atoms with Crippen LogP contribution in [0.4, 0.5) is 5.82 Å². The predicted molar refractivity (Wildman–Crippen MR) is 68.7 cm³/mol. The molecule has 7 heteroatoms. The third kappa shape index (κ3) is 9.46. The number of carbonyl (C=O) groups excluding carboxylic acids is 3. The second-order valence-electron chi connectivity index (χ2n) is 3.13. The topological polar surface area (TPSA) is 85.4 Å². The zero-order chi connectivity index (χ0) is 14.1. The van der Waals surface area contributed by atoms with Crippen LogP contribution < -0.4 is 5.32 Å². The Kier molecular flexibility index (Phi) is 7.53. The third-order valence-corrected chi connectivity index (χ3v) is 1.79. The molecule has 0 aliphatic rings. The van der Waals surface area contributed by atoms with Crippen LogP contribution in [0, 0.1) is 0 Å². The van der Waals surface area contributed by atoms with Crippen LogP contribution >= 0.6 is 15.9 Å². The third-order valence-electron chi connectivity index (χ3n) is 1.32. The number of carbonyl (C=O) groups is 3. The summed E-state index contributed by atoms with van der Waals surface area (Å²) in [7, 11) is 0. The molecule has 0 spiro atoms. The molecule has 0 atom stereocenters. The molecule has 0 aliphatic heterocycles. The lowest BCUT2D eigenvalue weighted by Gasteiger charge is -1.98. The Balaban J connectivity index is 0.000000360. The van der Waals surface area contributed by atoms with Crippen LogP contribution in [0.3, 0.4) is 0 Å². The minimum Gasteiger partial charge on any atom is -0.394 e. The average Bonchev–Trinajstić information content (AvgIpc) is 2.19. The number of esters is 2. The molecule has 1 amide bonds. The lowest BCUT2D eigenvalue weighted by atomic mass is 10.4.